The topological polar surface area (TPSA) is 146 Å². The Bertz CT molecular complexity index is 1920. The van der Waals surface area contributed by atoms with E-state index in [1.165, 1.54) is 17.3 Å². The summed E-state index contributed by atoms with van der Waals surface area (Å²) in [6, 6.07) is 10.3. The molecule has 2 amide bonds. The maximum atomic E-state index is 13.6. The maximum absolute atomic E-state index is 13.6. The fraction of sp³-hybridized carbons (Fsp3) is 0.300. The number of carbonyl (C=O) groups excluding carboxylic acids is 3. The molecule has 5 aromatic rings. The molecule has 1 N–H and O–H groups in total. The molecule has 0 spiro atoms. The van der Waals surface area contributed by atoms with E-state index in [4.69, 9.17) is 21.1 Å². The van der Waals surface area contributed by atoms with Crippen LogP contribution in [0.1, 0.15) is 51.9 Å². The molecule has 0 saturated carbocycles. The molecule has 0 radical (unpaired) electrons. The Labute approximate surface area is 267 Å². The number of carbonyl (C=O) groups is 3. The second-order valence-electron chi connectivity index (χ2n) is 12.0. The molecule has 0 aliphatic heterocycles. The Morgan fingerprint density at radius 3 is 2.36 bits per heavy atom. The fourth-order valence-electron chi connectivity index (χ4n) is 4.16. The van der Waals surface area contributed by atoms with Gasteiger partial charge in [-0.2, -0.15) is 14.9 Å². The molecule has 0 aliphatic rings. The van der Waals surface area contributed by atoms with Gasteiger partial charge in [-0.25, -0.2) is 14.5 Å². The van der Waals surface area contributed by atoms with E-state index in [0.717, 1.165) is 16.0 Å². The summed E-state index contributed by atoms with van der Waals surface area (Å²) in [5, 5.41) is 20.9. The fourth-order valence-corrected chi connectivity index (χ4v) is 5.30. The van der Waals surface area contributed by atoms with Crippen molar-refractivity contribution in [2.75, 3.05) is 10.2 Å². The highest BCUT2D eigenvalue weighted by atomic mass is 35.5. The lowest BCUT2D eigenvalue weighted by Gasteiger charge is -2.26. The van der Waals surface area contributed by atoms with Gasteiger partial charge in [0.2, 0.25) is 5.13 Å². The van der Waals surface area contributed by atoms with Gasteiger partial charge in [0.05, 0.1) is 34.2 Å². The minimum atomic E-state index is -0.832. The number of hydrogen-bond donors (Lipinski definition) is 1. The summed E-state index contributed by atoms with van der Waals surface area (Å²) < 4.78 is 13.8. The van der Waals surface area contributed by atoms with Gasteiger partial charge in [-0.1, -0.05) is 35.1 Å². The second kappa shape index (κ2) is 11.9. The van der Waals surface area contributed by atoms with Crippen LogP contribution in [-0.4, -0.2) is 59.1 Å². The van der Waals surface area contributed by atoms with E-state index in [2.05, 4.69) is 25.7 Å². The Hall–Kier alpha value is -4.82. The first-order valence-corrected chi connectivity index (χ1v) is 15.0. The summed E-state index contributed by atoms with van der Waals surface area (Å²) >= 11 is 7.98. The van der Waals surface area contributed by atoms with Crippen molar-refractivity contribution in [1.82, 2.24) is 29.8 Å². The van der Waals surface area contributed by atoms with Crippen molar-refractivity contribution >= 4 is 68.4 Å². The number of amides is 2. The molecule has 0 saturated heterocycles. The third kappa shape index (κ3) is 7.13. The zero-order chi connectivity index (χ0) is 32.7. The molecule has 0 bridgehead atoms. The SMILES string of the molecule is Cn1cc(C(=O)Nc2cccc(-c3nnc(N(C(=O)OC(C)(C)C)c4ccc5c(cnn5C(=O)OC(C)(C)C)c4Cl)s3)c2)cn1. The van der Waals surface area contributed by atoms with E-state index in [0.29, 0.717) is 32.7 Å². The molecule has 0 atom stereocenters. The molecule has 0 aliphatic carbocycles. The van der Waals surface area contributed by atoms with Crippen LogP contribution in [0.25, 0.3) is 21.5 Å². The molecule has 0 unspecified atom stereocenters. The van der Waals surface area contributed by atoms with Crippen molar-refractivity contribution in [2.45, 2.75) is 52.7 Å². The number of halogens is 1. The number of nitrogens with one attached hydrogen (secondary N) is 1. The number of anilines is 3. The summed E-state index contributed by atoms with van der Waals surface area (Å²) in [6.07, 6.45) is 3.12. The highest BCUT2D eigenvalue weighted by molar-refractivity contribution is 7.18. The Balaban J connectivity index is 1.50. The van der Waals surface area contributed by atoms with Crippen molar-refractivity contribution in [2.24, 2.45) is 7.05 Å². The van der Waals surface area contributed by atoms with E-state index in [-0.39, 0.29) is 21.7 Å². The minimum absolute atomic E-state index is 0.144. The normalized spacial score (nSPS) is 11.8. The van der Waals surface area contributed by atoms with E-state index in [1.54, 1.807) is 89.8 Å². The van der Waals surface area contributed by atoms with E-state index < -0.39 is 23.4 Å². The average Bonchev–Trinajstić information content (AvgIpc) is 3.68. The molecular formula is C30H31ClN8O5S. The molecule has 0 fully saturated rings. The van der Waals surface area contributed by atoms with Gasteiger partial charge in [-0.05, 0) is 65.8 Å². The van der Waals surface area contributed by atoms with Crippen molar-refractivity contribution in [3.05, 3.63) is 65.6 Å². The molecule has 13 nitrogen and oxygen atoms in total. The zero-order valence-corrected chi connectivity index (χ0v) is 27.2. The summed E-state index contributed by atoms with van der Waals surface area (Å²) in [5.41, 5.74) is 0.700. The van der Waals surface area contributed by atoms with Gasteiger partial charge in [0.25, 0.3) is 5.91 Å². The van der Waals surface area contributed by atoms with Crippen LogP contribution in [0, 0.1) is 0 Å². The number of ether oxygens (including phenoxy) is 2. The van der Waals surface area contributed by atoms with E-state index in [1.807, 2.05) is 6.07 Å². The van der Waals surface area contributed by atoms with Gasteiger partial charge in [0.1, 0.15) is 16.2 Å². The first-order valence-electron chi connectivity index (χ1n) is 13.8. The molecule has 3 aromatic heterocycles. The van der Waals surface area contributed by atoms with Crippen molar-refractivity contribution in [3.63, 3.8) is 0 Å². The number of aromatic nitrogens is 6. The Kier molecular flexibility index (Phi) is 8.38. The number of fused-ring (bicyclic) bond motifs is 1. The molecule has 5 rings (SSSR count). The summed E-state index contributed by atoms with van der Waals surface area (Å²) in [6.45, 7) is 10.5. The van der Waals surface area contributed by atoms with E-state index in [9.17, 15) is 14.4 Å². The number of nitrogens with zero attached hydrogens (tertiary/aromatic N) is 7. The summed E-state index contributed by atoms with van der Waals surface area (Å²) in [7, 11) is 1.73. The lowest BCUT2D eigenvalue weighted by Crippen LogP contribution is -2.34. The van der Waals surface area contributed by atoms with Crippen LogP contribution in [0.2, 0.25) is 5.02 Å². The lowest BCUT2D eigenvalue weighted by atomic mass is 10.2. The lowest BCUT2D eigenvalue weighted by molar-refractivity contribution is 0.0521. The minimum Gasteiger partial charge on any atom is -0.443 e. The summed E-state index contributed by atoms with van der Waals surface area (Å²) in [4.78, 5) is 40.2. The second-order valence-corrected chi connectivity index (χ2v) is 13.3. The largest absolute Gasteiger partial charge is 0.443 e. The average molecular weight is 651 g/mol. The highest BCUT2D eigenvalue weighted by Gasteiger charge is 2.31. The van der Waals surface area contributed by atoms with Crippen molar-refractivity contribution in [1.29, 1.82) is 0 Å². The van der Waals surface area contributed by atoms with Crippen LogP contribution in [0.4, 0.5) is 26.1 Å². The monoisotopic (exact) mass is 650 g/mol. The molecular weight excluding hydrogens is 620 g/mol. The van der Waals surface area contributed by atoms with Crippen LogP contribution in [0.5, 0.6) is 0 Å². The highest BCUT2D eigenvalue weighted by Crippen LogP contribution is 2.40. The predicted molar refractivity (Wildman–Crippen MR) is 171 cm³/mol. The molecule has 15 heteroatoms. The van der Waals surface area contributed by atoms with Crippen LogP contribution < -0.4 is 10.2 Å². The van der Waals surface area contributed by atoms with Crippen LogP contribution in [-0.2, 0) is 16.5 Å². The van der Waals surface area contributed by atoms with Gasteiger partial charge in [0.15, 0.2) is 0 Å². The zero-order valence-electron chi connectivity index (χ0n) is 25.7. The van der Waals surface area contributed by atoms with Gasteiger partial charge in [-0.3, -0.25) is 9.48 Å². The number of rotatable bonds is 5. The molecule has 2 aromatic carbocycles. The number of aryl methyl sites for hydroxylation is 1. The molecule has 45 heavy (non-hydrogen) atoms. The quantitative estimate of drug-likeness (QED) is 0.211. The van der Waals surface area contributed by atoms with Gasteiger partial charge in [0, 0.05) is 29.9 Å². The molecule has 234 valence electrons. The maximum Gasteiger partial charge on any atom is 0.435 e. The molecule has 3 heterocycles. The Morgan fingerprint density at radius 1 is 0.956 bits per heavy atom. The van der Waals surface area contributed by atoms with Gasteiger partial charge >= 0.3 is 12.2 Å². The predicted octanol–water partition coefficient (Wildman–Crippen LogP) is 7.05. The first kappa shape index (κ1) is 31.6. The number of benzene rings is 2. The van der Waals surface area contributed by atoms with Gasteiger partial charge in [-0.15, -0.1) is 10.2 Å². The standard InChI is InChI=1S/C30H31ClN8O5S/c1-29(2,3)43-27(41)38(22-12-11-21-20(23(22)31)15-33-39(21)28(42)44-30(4,5)6)26-36-35-25(45-26)17-9-8-10-19(13-17)34-24(40)18-14-32-37(7)16-18/h8-16H,1-7H3,(H,34,40). The van der Waals surface area contributed by atoms with E-state index >= 15 is 0 Å². The Morgan fingerprint density at radius 2 is 1.69 bits per heavy atom. The number of hydrogen-bond acceptors (Lipinski definition) is 10. The summed E-state index contributed by atoms with van der Waals surface area (Å²) in [5.74, 6) is -0.311. The van der Waals surface area contributed by atoms with Crippen LogP contribution in [0.15, 0.2) is 55.0 Å². The van der Waals surface area contributed by atoms with Crippen molar-refractivity contribution in [3.8, 4) is 10.6 Å². The van der Waals surface area contributed by atoms with Crippen LogP contribution in [0.3, 0.4) is 0 Å². The van der Waals surface area contributed by atoms with Crippen LogP contribution >= 0.6 is 22.9 Å². The first-order chi connectivity index (χ1) is 21.1. The van der Waals surface area contributed by atoms with Crippen molar-refractivity contribution < 1.29 is 23.9 Å². The van der Waals surface area contributed by atoms with Gasteiger partial charge < -0.3 is 14.8 Å². The third-order valence-corrected chi connectivity index (χ3v) is 7.35. The smallest absolute Gasteiger partial charge is 0.435 e. The third-order valence-electron chi connectivity index (χ3n) is 5.99.